The van der Waals surface area contributed by atoms with E-state index < -0.39 is 27.0 Å². The average Bonchev–Trinajstić information content (AvgIpc) is 3.15. The first-order valence-electron chi connectivity index (χ1n) is 6.99. The molecule has 0 heterocycles. The molecule has 0 bridgehead atoms. The maximum absolute atomic E-state index is 12.1. The number of carbonyl (C=O) groups is 2. The Morgan fingerprint density at radius 3 is 2.30 bits per heavy atom. The summed E-state index contributed by atoms with van der Waals surface area (Å²) in [5, 5.41) is 8.81. The van der Waals surface area contributed by atoms with Crippen molar-refractivity contribution in [1.29, 1.82) is 0 Å². The van der Waals surface area contributed by atoms with Gasteiger partial charge in [0.1, 0.15) is 5.75 Å². The molecule has 6 nitrogen and oxygen atoms in total. The van der Waals surface area contributed by atoms with Gasteiger partial charge in [-0.15, -0.1) is 0 Å². The zero-order chi connectivity index (χ0) is 15.0. The minimum absolute atomic E-state index is 0.124. The summed E-state index contributed by atoms with van der Waals surface area (Å²) in [5.74, 6) is -1.99. The number of rotatable bonds is 8. The van der Waals surface area contributed by atoms with E-state index in [1.165, 1.54) is 0 Å². The Morgan fingerprint density at radius 2 is 1.90 bits per heavy atom. The van der Waals surface area contributed by atoms with Crippen molar-refractivity contribution in [2.24, 2.45) is 5.41 Å². The van der Waals surface area contributed by atoms with Crippen molar-refractivity contribution >= 4 is 21.7 Å². The van der Waals surface area contributed by atoms with Crippen LogP contribution < -0.4 is 0 Å². The van der Waals surface area contributed by atoms with Gasteiger partial charge in [-0.1, -0.05) is 0 Å². The van der Waals surface area contributed by atoms with E-state index in [9.17, 15) is 18.0 Å². The molecule has 2 saturated carbocycles. The van der Waals surface area contributed by atoms with Crippen LogP contribution in [-0.2, 0) is 19.4 Å². The SMILES string of the molecule is CCN(C(=O)CS(=O)(=O)CC1(CC(=O)O)CC1)C1CC1. The molecule has 0 aliphatic heterocycles. The molecule has 0 saturated heterocycles. The summed E-state index contributed by atoms with van der Waals surface area (Å²) < 4.78 is 24.2. The van der Waals surface area contributed by atoms with Gasteiger partial charge in [-0.3, -0.25) is 9.59 Å². The normalized spacial score (nSPS) is 20.4. The number of hydrogen-bond acceptors (Lipinski definition) is 4. The predicted molar refractivity (Wildman–Crippen MR) is 73.0 cm³/mol. The fourth-order valence-corrected chi connectivity index (χ4v) is 4.65. The Hall–Kier alpha value is -1.11. The number of carboxylic acids is 1. The maximum atomic E-state index is 12.1. The van der Waals surface area contributed by atoms with Gasteiger partial charge in [0.15, 0.2) is 9.84 Å². The highest BCUT2D eigenvalue weighted by molar-refractivity contribution is 7.92. The van der Waals surface area contributed by atoms with Gasteiger partial charge >= 0.3 is 5.97 Å². The number of nitrogens with zero attached hydrogens (tertiary/aromatic N) is 1. The van der Waals surface area contributed by atoms with Crippen LogP contribution in [0.5, 0.6) is 0 Å². The number of carbonyl (C=O) groups excluding carboxylic acids is 1. The molecule has 0 atom stereocenters. The summed E-state index contributed by atoms with van der Waals surface area (Å²) in [6.07, 6.45) is 3.01. The number of carboxylic acid groups (broad SMARTS) is 1. The zero-order valence-electron chi connectivity index (χ0n) is 11.7. The lowest BCUT2D eigenvalue weighted by molar-refractivity contribution is -0.138. The number of sulfone groups is 1. The summed E-state index contributed by atoms with van der Waals surface area (Å²) in [7, 11) is -3.54. The summed E-state index contributed by atoms with van der Waals surface area (Å²) >= 11 is 0. The molecule has 0 radical (unpaired) electrons. The highest BCUT2D eigenvalue weighted by Gasteiger charge is 2.48. The van der Waals surface area contributed by atoms with Gasteiger partial charge in [-0.05, 0) is 38.0 Å². The van der Waals surface area contributed by atoms with E-state index in [0.29, 0.717) is 19.4 Å². The Morgan fingerprint density at radius 1 is 1.30 bits per heavy atom. The summed E-state index contributed by atoms with van der Waals surface area (Å²) in [6.45, 7) is 2.37. The Balaban J connectivity index is 1.93. The van der Waals surface area contributed by atoms with Crippen LogP contribution in [0, 0.1) is 5.41 Å². The molecule has 1 N–H and O–H groups in total. The van der Waals surface area contributed by atoms with E-state index >= 15 is 0 Å². The fourth-order valence-electron chi connectivity index (χ4n) is 2.68. The smallest absolute Gasteiger partial charge is 0.303 e. The van der Waals surface area contributed by atoms with Crippen molar-refractivity contribution in [3.05, 3.63) is 0 Å². The molecule has 7 heteroatoms. The molecule has 2 aliphatic carbocycles. The molecule has 2 rings (SSSR count). The lowest BCUT2D eigenvalue weighted by atomic mass is 10.1. The molecule has 0 unspecified atom stereocenters. The van der Waals surface area contributed by atoms with Crippen LogP contribution in [0.1, 0.15) is 39.0 Å². The monoisotopic (exact) mass is 303 g/mol. The second-order valence-corrected chi connectivity index (χ2v) is 8.08. The quantitative estimate of drug-likeness (QED) is 0.711. The van der Waals surface area contributed by atoms with Crippen molar-refractivity contribution in [1.82, 2.24) is 4.90 Å². The van der Waals surface area contributed by atoms with Gasteiger partial charge < -0.3 is 10.0 Å². The molecule has 2 aliphatic rings. The van der Waals surface area contributed by atoms with Crippen LogP contribution in [0.3, 0.4) is 0 Å². The van der Waals surface area contributed by atoms with Gasteiger partial charge in [0, 0.05) is 12.6 Å². The Labute approximate surface area is 119 Å². The average molecular weight is 303 g/mol. The van der Waals surface area contributed by atoms with Crippen molar-refractivity contribution in [3.8, 4) is 0 Å². The minimum Gasteiger partial charge on any atom is -0.481 e. The van der Waals surface area contributed by atoms with Crippen LogP contribution in [0.2, 0.25) is 0 Å². The third-order valence-corrected chi connectivity index (χ3v) is 5.74. The van der Waals surface area contributed by atoms with E-state index in [1.807, 2.05) is 6.92 Å². The second-order valence-electron chi connectivity index (χ2n) is 6.01. The van der Waals surface area contributed by atoms with Crippen LogP contribution in [0.15, 0.2) is 0 Å². The number of amides is 1. The molecule has 0 aromatic heterocycles. The molecule has 0 aromatic rings. The third-order valence-electron chi connectivity index (χ3n) is 4.00. The first-order chi connectivity index (χ1) is 9.27. The van der Waals surface area contributed by atoms with Gasteiger partial charge in [-0.2, -0.15) is 0 Å². The molecule has 114 valence electrons. The molecular formula is C13H21NO5S. The summed E-state index contributed by atoms with van der Waals surface area (Å²) in [4.78, 5) is 24.4. The Kier molecular flexibility index (Phi) is 4.09. The fraction of sp³-hybridized carbons (Fsp3) is 0.846. The van der Waals surface area contributed by atoms with E-state index in [4.69, 9.17) is 5.11 Å². The highest BCUT2D eigenvalue weighted by atomic mass is 32.2. The number of aliphatic carboxylic acids is 1. The standard InChI is InChI=1S/C13H21NO5S/c1-2-14(10-3-4-10)11(15)8-20(18,19)9-13(5-6-13)7-12(16)17/h10H,2-9H2,1H3,(H,16,17). The van der Waals surface area contributed by atoms with E-state index in [1.54, 1.807) is 4.90 Å². The lowest BCUT2D eigenvalue weighted by Gasteiger charge is -2.21. The molecule has 0 aromatic carbocycles. The molecular weight excluding hydrogens is 282 g/mol. The van der Waals surface area contributed by atoms with Crippen molar-refractivity contribution in [2.45, 2.75) is 45.1 Å². The van der Waals surface area contributed by atoms with E-state index in [0.717, 1.165) is 12.8 Å². The van der Waals surface area contributed by atoms with Gasteiger partial charge in [0.2, 0.25) is 5.91 Å². The van der Waals surface area contributed by atoms with Crippen LogP contribution in [-0.4, -0.2) is 54.4 Å². The van der Waals surface area contributed by atoms with E-state index in [-0.39, 0.29) is 24.1 Å². The minimum atomic E-state index is -3.54. The predicted octanol–water partition coefficient (Wildman–Crippen LogP) is 0.667. The van der Waals surface area contributed by atoms with Crippen molar-refractivity contribution < 1.29 is 23.1 Å². The first-order valence-corrected chi connectivity index (χ1v) is 8.81. The van der Waals surface area contributed by atoms with E-state index in [2.05, 4.69) is 0 Å². The van der Waals surface area contributed by atoms with Gasteiger partial charge in [0.25, 0.3) is 0 Å². The van der Waals surface area contributed by atoms with Crippen molar-refractivity contribution in [2.75, 3.05) is 18.1 Å². The molecule has 0 spiro atoms. The highest BCUT2D eigenvalue weighted by Crippen LogP contribution is 2.49. The lowest BCUT2D eigenvalue weighted by Crippen LogP contribution is -2.38. The molecule has 2 fully saturated rings. The maximum Gasteiger partial charge on any atom is 0.303 e. The van der Waals surface area contributed by atoms with Crippen molar-refractivity contribution in [3.63, 3.8) is 0 Å². The Bertz CT molecular complexity index is 505. The first kappa shape index (κ1) is 15.3. The number of hydrogen-bond donors (Lipinski definition) is 1. The van der Waals surface area contributed by atoms with Gasteiger partial charge in [0.05, 0.1) is 12.2 Å². The molecule has 20 heavy (non-hydrogen) atoms. The zero-order valence-corrected chi connectivity index (χ0v) is 12.5. The van der Waals surface area contributed by atoms with Crippen LogP contribution >= 0.6 is 0 Å². The van der Waals surface area contributed by atoms with Crippen LogP contribution in [0.4, 0.5) is 0 Å². The van der Waals surface area contributed by atoms with Gasteiger partial charge in [-0.25, -0.2) is 8.42 Å². The molecule has 1 amide bonds. The third kappa shape index (κ3) is 3.94. The largest absolute Gasteiger partial charge is 0.481 e. The summed E-state index contributed by atoms with van der Waals surface area (Å²) in [5.41, 5.74) is -0.623. The summed E-state index contributed by atoms with van der Waals surface area (Å²) in [6, 6.07) is 0.205. The second kappa shape index (κ2) is 5.35. The van der Waals surface area contributed by atoms with Crippen LogP contribution in [0.25, 0.3) is 0 Å². The topological polar surface area (TPSA) is 91.8 Å².